The summed E-state index contributed by atoms with van der Waals surface area (Å²) in [5, 5.41) is 10.0. The van der Waals surface area contributed by atoms with Gasteiger partial charge in [-0.2, -0.15) is 0 Å². The summed E-state index contributed by atoms with van der Waals surface area (Å²) < 4.78 is 10.2. The van der Waals surface area contributed by atoms with E-state index in [2.05, 4.69) is 4.74 Å². The van der Waals surface area contributed by atoms with Gasteiger partial charge in [-0.05, 0) is 18.2 Å². The number of carbonyl (C=O) groups excluding carboxylic acids is 1. The Hall–Kier alpha value is -1.52. The minimum atomic E-state index is -0.498. The van der Waals surface area contributed by atoms with E-state index in [1.165, 1.54) is 13.2 Å². The standard InChI is InChI=1S/C12H11ClO4/c1-16-12(15)10-6-8(13)4-7-5-9(2-3-14)17-11(7)10/h4-6,14H,2-3H2,1H3. The Morgan fingerprint density at radius 3 is 2.88 bits per heavy atom. The van der Waals surface area contributed by atoms with Gasteiger partial charge in [-0.3, -0.25) is 0 Å². The molecule has 5 heteroatoms. The molecule has 0 unspecified atom stereocenters. The van der Waals surface area contributed by atoms with Crippen LogP contribution in [-0.2, 0) is 11.2 Å². The number of aliphatic hydroxyl groups is 1. The van der Waals surface area contributed by atoms with Crippen molar-refractivity contribution in [3.05, 3.63) is 34.5 Å². The first-order chi connectivity index (χ1) is 8.15. The number of aliphatic hydroxyl groups excluding tert-OH is 1. The van der Waals surface area contributed by atoms with Crippen LogP contribution < -0.4 is 0 Å². The summed E-state index contributed by atoms with van der Waals surface area (Å²) in [4.78, 5) is 11.6. The number of halogens is 1. The highest BCUT2D eigenvalue weighted by atomic mass is 35.5. The Morgan fingerprint density at radius 2 is 2.24 bits per heavy atom. The van der Waals surface area contributed by atoms with Crippen LogP contribution >= 0.6 is 11.6 Å². The zero-order valence-corrected chi connectivity index (χ0v) is 9.95. The molecule has 0 radical (unpaired) electrons. The Labute approximate surface area is 103 Å². The number of carbonyl (C=O) groups is 1. The molecule has 1 aromatic heterocycles. The van der Waals surface area contributed by atoms with E-state index in [9.17, 15) is 4.79 Å². The lowest BCUT2D eigenvalue weighted by Gasteiger charge is -2.00. The molecule has 0 spiro atoms. The normalized spacial score (nSPS) is 10.8. The van der Waals surface area contributed by atoms with Crippen LogP contribution in [0, 0.1) is 0 Å². The summed E-state index contributed by atoms with van der Waals surface area (Å²) in [6, 6.07) is 4.96. The number of fused-ring (bicyclic) bond motifs is 1. The minimum absolute atomic E-state index is 0.0128. The van der Waals surface area contributed by atoms with Crippen molar-refractivity contribution in [3.63, 3.8) is 0 Å². The molecule has 1 heterocycles. The lowest BCUT2D eigenvalue weighted by Crippen LogP contribution is -2.01. The lowest BCUT2D eigenvalue weighted by molar-refractivity contribution is 0.0601. The smallest absolute Gasteiger partial charge is 0.341 e. The monoisotopic (exact) mass is 254 g/mol. The number of hydrogen-bond donors (Lipinski definition) is 1. The van der Waals surface area contributed by atoms with Gasteiger partial charge >= 0.3 is 5.97 Å². The number of rotatable bonds is 3. The quantitative estimate of drug-likeness (QED) is 0.855. The van der Waals surface area contributed by atoms with E-state index in [-0.39, 0.29) is 6.61 Å². The molecule has 90 valence electrons. The number of furan rings is 1. The first-order valence-electron chi connectivity index (χ1n) is 5.07. The molecule has 2 rings (SSSR count). The second kappa shape index (κ2) is 4.77. The SMILES string of the molecule is COC(=O)c1cc(Cl)cc2cc(CCO)oc12. The molecule has 17 heavy (non-hydrogen) atoms. The predicted molar refractivity (Wildman–Crippen MR) is 63.4 cm³/mol. The number of ether oxygens (including phenoxy) is 1. The van der Waals surface area contributed by atoms with Crippen LogP contribution in [0.15, 0.2) is 22.6 Å². The summed E-state index contributed by atoms with van der Waals surface area (Å²) >= 11 is 5.91. The Bertz CT molecular complexity index is 559. The van der Waals surface area contributed by atoms with Gasteiger partial charge in [0.2, 0.25) is 0 Å². The molecule has 0 saturated heterocycles. The molecule has 0 amide bonds. The van der Waals surface area contributed by atoms with Crippen molar-refractivity contribution in [2.75, 3.05) is 13.7 Å². The number of hydrogen-bond acceptors (Lipinski definition) is 4. The van der Waals surface area contributed by atoms with E-state index in [0.29, 0.717) is 28.4 Å². The van der Waals surface area contributed by atoms with E-state index in [1.807, 2.05) is 0 Å². The fraction of sp³-hybridized carbons (Fsp3) is 0.250. The fourth-order valence-corrected chi connectivity index (χ4v) is 1.89. The van der Waals surface area contributed by atoms with Gasteiger partial charge in [-0.1, -0.05) is 11.6 Å². The third kappa shape index (κ3) is 2.28. The molecular weight excluding hydrogens is 244 g/mol. The molecule has 2 aromatic rings. The molecule has 0 fully saturated rings. The highest BCUT2D eigenvalue weighted by molar-refractivity contribution is 6.32. The molecule has 0 aliphatic heterocycles. The average Bonchev–Trinajstić information content (AvgIpc) is 2.69. The fourth-order valence-electron chi connectivity index (χ4n) is 1.66. The maximum absolute atomic E-state index is 11.6. The molecule has 0 atom stereocenters. The van der Waals surface area contributed by atoms with Gasteiger partial charge in [0, 0.05) is 16.8 Å². The van der Waals surface area contributed by atoms with E-state index in [1.54, 1.807) is 12.1 Å². The summed E-state index contributed by atoms with van der Waals surface area (Å²) in [5.41, 5.74) is 0.726. The molecule has 0 bridgehead atoms. The zero-order valence-electron chi connectivity index (χ0n) is 9.20. The van der Waals surface area contributed by atoms with Crippen LogP contribution in [-0.4, -0.2) is 24.8 Å². The summed E-state index contributed by atoms with van der Waals surface area (Å²) in [6.07, 6.45) is 0.396. The zero-order chi connectivity index (χ0) is 12.4. The summed E-state index contributed by atoms with van der Waals surface area (Å²) in [6.45, 7) is -0.0128. The van der Waals surface area contributed by atoms with Crippen molar-refractivity contribution in [3.8, 4) is 0 Å². The number of benzene rings is 1. The van der Waals surface area contributed by atoms with Crippen molar-refractivity contribution in [2.24, 2.45) is 0 Å². The van der Waals surface area contributed by atoms with Crippen LogP contribution in [0.25, 0.3) is 11.0 Å². The van der Waals surface area contributed by atoms with Crippen LogP contribution in [0.3, 0.4) is 0 Å². The summed E-state index contributed by atoms with van der Waals surface area (Å²) in [5.74, 6) is 0.109. The van der Waals surface area contributed by atoms with E-state index in [0.717, 1.165) is 5.39 Å². The topological polar surface area (TPSA) is 59.7 Å². The molecule has 1 aromatic carbocycles. The maximum Gasteiger partial charge on any atom is 0.341 e. The molecular formula is C12H11ClO4. The minimum Gasteiger partial charge on any atom is -0.465 e. The maximum atomic E-state index is 11.6. The predicted octanol–water partition coefficient (Wildman–Crippen LogP) is 2.41. The van der Waals surface area contributed by atoms with Crippen molar-refractivity contribution in [2.45, 2.75) is 6.42 Å². The Morgan fingerprint density at radius 1 is 1.47 bits per heavy atom. The third-order valence-corrected chi connectivity index (χ3v) is 2.61. The lowest BCUT2D eigenvalue weighted by atomic mass is 10.1. The second-order valence-electron chi connectivity index (χ2n) is 3.55. The molecule has 1 N–H and O–H groups in total. The highest BCUT2D eigenvalue weighted by Gasteiger charge is 2.16. The second-order valence-corrected chi connectivity index (χ2v) is 3.99. The van der Waals surface area contributed by atoms with Gasteiger partial charge in [0.1, 0.15) is 16.9 Å². The first-order valence-corrected chi connectivity index (χ1v) is 5.44. The molecule has 0 aliphatic carbocycles. The van der Waals surface area contributed by atoms with Crippen molar-refractivity contribution >= 4 is 28.5 Å². The van der Waals surface area contributed by atoms with Crippen LogP contribution in [0.2, 0.25) is 5.02 Å². The number of esters is 1. The van der Waals surface area contributed by atoms with Crippen LogP contribution in [0.5, 0.6) is 0 Å². The van der Waals surface area contributed by atoms with Gasteiger partial charge in [-0.15, -0.1) is 0 Å². The van der Waals surface area contributed by atoms with E-state index in [4.69, 9.17) is 21.1 Å². The van der Waals surface area contributed by atoms with Crippen molar-refractivity contribution in [1.82, 2.24) is 0 Å². The van der Waals surface area contributed by atoms with Gasteiger partial charge in [-0.25, -0.2) is 4.79 Å². The Kier molecular flexibility index (Phi) is 3.36. The average molecular weight is 255 g/mol. The molecule has 0 aliphatic rings. The molecule has 4 nitrogen and oxygen atoms in total. The van der Waals surface area contributed by atoms with Crippen LogP contribution in [0.4, 0.5) is 0 Å². The van der Waals surface area contributed by atoms with Gasteiger partial charge in [0.05, 0.1) is 13.7 Å². The van der Waals surface area contributed by atoms with Gasteiger partial charge < -0.3 is 14.3 Å². The van der Waals surface area contributed by atoms with E-state index < -0.39 is 5.97 Å². The van der Waals surface area contributed by atoms with Gasteiger partial charge in [0.25, 0.3) is 0 Å². The third-order valence-electron chi connectivity index (χ3n) is 2.40. The molecule has 0 saturated carbocycles. The van der Waals surface area contributed by atoms with Crippen molar-refractivity contribution in [1.29, 1.82) is 0 Å². The number of methoxy groups -OCH3 is 1. The van der Waals surface area contributed by atoms with Gasteiger partial charge in [0.15, 0.2) is 0 Å². The van der Waals surface area contributed by atoms with Crippen LogP contribution in [0.1, 0.15) is 16.1 Å². The Balaban J connectivity index is 2.61. The van der Waals surface area contributed by atoms with Crippen molar-refractivity contribution < 1.29 is 19.1 Å². The summed E-state index contributed by atoms with van der Waals surface area (Å²) in [7, 11) is 1.30. The first kappa shape index (κ1) is 12.0. The largest absolute Gasteiger partial charge is 0.465 e. The highest BCUT2D eigenvalue weighted by Crippen LogP contribution is 2.28. The van der Waals surface area contributed by atoms with E-state index >= 15 is 0 Å².